The second-order valence-corrected chi connectivity index (χ2v) is 10.2. The molecular formula is C23H32N2O3S. The van der Waals surface area contributed by atoms with Crippen molar-refractivity contribution >= 4 is 21.6 Å². The lowest BCUT2D eigenvalue weighted by Crippen LogP contribution is -2.42. The van der Waals surface area contributed by atoms with E-state index in [1.54, 1.807) is 42.5 Å². The van der Waals surface area contributed by atoms with Gasteiger partial charge in [0.05, 0.1) is 10.6 Å². The van der Waals surface area contributed by atoms with Gasteiger partial charge in [-0.3, -0.25) is 9.10 Å². The number of hydrogen-bond donors (Lipinski definition) is 1. The zero-order chi connectivity index (χ0) is 21.9. The van der Waals surface area contributed by atoms with Crippen LogP contribution in [0.25, 0.3) is 0 Å². The van der Waals surface area contributed by atoms with Crippen molar-refractivity contribution in [2.75, 3.05) is 11.4 Å². The maximum Gasteiger partial charge on any atom is 0.264 e. The van der Waals surface area contributed by atoms with E-state index in [0.717, 1.165) is 11.1 Å². The Morgan fingerprint density at radius 2 is 1.48 bits per heavy atom. The molecule has 0 aliphatic carbocycles. The first-order chi connectivity index (χ1) is 13.4. The van der Waals surface area contributed by atoms with E-state index >= 15 is 0 Å². The van der Waals surface area contributed by atoms with Gasteiger partial charge >= 0.3 is 0 Å². The van der Waals surface area contributed by atoms with Gasteiger partial charge in [-0.15, -0.1) is 0 Å². The van der Waals surface area contributed by atoms with E-state index in [2.05, 4.69) is 33.0 Å². The first-order valence-electron chi connectivity index (χ1n) is 9.92. The van der Waals surface area contributed by atoms with E-state index in [1.807, 2.05) is 13.8 Å². The normalized spacial score (nSPS) is 11.9. The third-order valence-corrected chi connectivity index (χ3v) is 7.01. The number of nitrogens with one attached hydrogen (secondary N) is 1. The Labute approximate surface area is 175 Å². The number of hydrogen-bond acceptors (Lipinski definition) is 3. The molecule has 0 fully saturated rings. The number of nitrogens with zero attached hydrogens (tertiary/aromatic N) is 1. The van der Waals surface area contributed by atoms with E-state index in [0.29, 0.717) is 23.1 Å². The van der Waals surface area contributed by atoms with Crippen LogP contribution in [0.15, 0.2) is 47.4 Å². The molecule has 6 heteroatoms. The van der Waals surface area contributed by atoms with Gasteiger partial charge < -0.3 is 5.32 Å². The van der Waals surface area contributed by atoms with Crippen molar-refractivity contribution in [2.45, 2.75) is 52.5 Å². The fourth-order valence-electron chi connectivity index (χ4n) is 3.43. The quantitative estimate of drug-likeness (QED) is 0.721. The van der Waals surface area contributed by atoms with Gasteiger partial charge in [0, 0.05) is 18.7 Å². The van der Waals surface area contributed by atoms with Crippen LogP contribution in [-0.4, -0.2) is 27.4 Å². The molecule has 158 valence electrons. The molecule has 0 unspecified atom stereocenters. The summed E-state index contributed by atoms with van der Waals surface area (Å²) in [6.45, 7) is 12.1. The SMILES string of the molecule is Cc1ccc(S(=O)(=O)N(C)c2cc(C(=O)NC(C(C)C)C(C)C)ccc2C)cc1. The van der Waals surface area contributed by atoms with E-state index in [1.165, 1.54) is 11.4 Å². The number of anilines is 1. The summed E-state index contributed by atoms with van der Waals surface area (Å²) >= 11 is 0. The Morgan fingerprint density at radius 3 is 2.00 bits per heavy atom. The van der Waals surface area contributed by atoms with Gasteiger partial charge in [0.25, 0.3) is 15.9 Å². The predicted octanol–water partition coefficient (Wildman–Crippen LogP) is 4.54. The second-order valence-electron chi connectivity index (χ2n) is 8.27. The molecule has 0 spiro atoms. The molecule has 0 saturated heterocycles. The van der Waals surface area contributed by atoms with E-state index in [4.69, 9.17) is 0 Å². The topological polar surface area (TPSA) is 66.5 Å². The molecule has 0 saturated carbocycles. The van der Waals surface area contributed by atoms with Crippen LogP contribution in [0.5, 0.6) is 0 Å². The lowest BCUT2D eigenvalue weighted by molar-refractivity contribution is 0.0910. The third kappa shape index (κ3) is 5.18. The molecule has 2 aromatic rings. The minimum atomic E-state index is -3.72. The zero-order valence-corrected chi connectivity index (χ0v) is 19.2. The molecule has 0 aromatic heterocycles. The molecule has 2 rings (SSSR count). The maximum absolute atomic E-state index is 13.1. The number of carbonyl (C=O) groups excluding carboxylic acids is 1. The van der Waals surface area contributed by atoms with Crippen LogP contribution < -0.4 is 9.62 Å². The Bertz CT molecular complexity index is 956. The molecular weight excluding hydrogens is 384 g/mol. The average Bonchev–Trinajstić information content (AvgIpc) is 2.65. The van der Waals surface area contributed by atoms with Crippen molar-refractivity contribution in [3.63, 3.8) is 0 Å². The lowest BCUT2D eigenvalue weighted by atomic mass is 9.93. The Hall–Kier alpha value is -2.34. The van der Waals surface area contributed by atoms with Crippen molar-refractivity contribution in [1.29, 1.82) is 0 Å². The monoisotopic (exact) mass is 416 g/mol. The van der Waals surface area contributed by atoms with Crippen LogP contribution in [0.4, 0.5) is 5.69 Å². The van der Waals surface area contributed by atoms with Crippen LogP contribution in [0.3, 0.4) is 0 Å². The summed E-state index contributed by atoms with van der Waals surface area (Å²) in [5.74, 6) is 0.404. The van der Waals surface area contributed by atoms with Crippen LogP contribution >= 0.6 is 0 Å². The Kier molecular flexibility index (Phi) is 7.11. The van der Waals surface area contributed by atoms with Crippen LogP contribution in [0.2, 0.25) is 0 Å². The molecule has 2 aromatic carbocycles. The third-order valence-electron chi connectivity index (χ3n) is 5.22. The molecule has 29 heavy (non-hydrogen) atoms. The van der Waals surface area contributed by atoms with Crippen molar-refractivity contribution < 1.29 is 13.2 Å². The second kappa shape index (κ2) is 8.99. The van der Waals surface area contributed by atoms with Gasteiger partial charge in [0.15, 0.2) is 0 Å². The molecule has 1 N–H and O–H groups in total. The highest BCUT2D eigenvalue weighted by Crippen LogP contribution is 2.27. The van der Waals surface area contributed by atoms with Crippen LogP contribution in [-0.2, 0) is 10.0 Å². The highest BCUT2D eigenvalue weighted by atomic mass is 32.2. The number of sulfonamides is 1. The molecule has 0 radical (unpaired) electrons. The van der Waals surface area contributed by atoms with Gasteiger partial charge in [0.1, 0.15) is 0 Å². The van der Waals surface area contributed by atoms with Gasteiger partial charge in [0.2, 0.25) is 0 Å². The smallest absolute Gasteiger partial charge is 0.264 e. The molecule has 0 atom stereocenters. The van der Waals surface area contributed by atoms with Crippen LogP contribution in [0, 0.1) is 25.7 Å². The average molecular weight is 417 g/mol. The number of benzene rings is 2. The van der Waals surface area contributed by atoms with Gasteiger partial charge in [-0.1, -0.05) is 51.5 Å². The summed E-state index contributed by atoms with van der Waals surface area (Å²) in [4.78, 5) is 13.0. The van der Waals surface area contributed by atoms with Crippen LogP contribution in [0.1, 0.15) is 49.2 Å². The largest absolute Gasteiger partial charge is 0.349 e. The molecule has 1 amide bonds. The number of amides is 1. The van der Waals surface area contributed by atoms with Crippen molar-refractivity contribution in [3.05, 3.63) is 59.2 Å². The summed E-state index contributed by atoms with van der Waals surface area (Å²) in [5, 5.41) is 3.09. The summed E-state index contributed by atoms with van der Waals surface area (Å²) in [7, 11) is -2.20. The Balaban J connectivity index is 2.37. The first kappa shape index (κ1) is 22.9. The number of rotatable bonds is 7. The summed E-state index contributed by atoms with van der Waals surface area (Å²) in [6, 6.07) is 12.0. The fraction of sp³-hybridized carbons (Fsp3) is 0.435. The maximum atomic E-state index is 13.1. The Morgan fingerprint density at radius 1 is 0.931 bits per heavy atom. The van der Waals surface area contributed by atoms with E-state index in [-0.39, 0.29) is 16.8 Å². The highest BCUT2D eigenvalue weighted by molar-refractivity contribution is 7.92. The minimum absolute atomic E-state index is 0.0428. The first-order valence-corrected chi connectivity index (χ1v) is 11.4. The van der Waals surface area contributed by atoms with Gasteiger partial charge in [-0.25, -0.2) is 8.42 Å². The molecule has 0 aliphatic heterocycles. The standard InChI is InChI=1S/C23H32N2O3S/c1-15(2)22(16(3)4)24-23(26)19-11-10-18(6)21(14-19)25(7)29(27,28)20-12-8-17(5)9-13-20/h8-16,22H,1-7H3,(H,24,26). The fourth-order valence-corrected chi connectivity index (χ4v) is 4.68. The van der Waals surface area contributed by atoms with Crippen molar-refractivity contribution in [3.8, 4) is 0 Å². The summed E-state index contributed by atoms with van der Waals surface area (Å²) in [5.41, 5.74) is 2.71. The predicted molar refractivity (Wildman–Crippen MR) is 119 cm³/mol. The van der Waals surface area contributed by atoms with E-state index < -0.39 is 10.0 Å². The minimum Gasteiger partial charge on any atom is -0.349 e. The van der Waals surface area contributed by atoms with Gasteiger partial charge in [-0.05, 0) is 55.5 Å². The number of carbonyl (C=O) groups is 1. The molecule has 5 nitrogen and oxygen atoms in total. The summed E-state index contributed by atoms with van der Waals surface area (Å²) < 4.78 is 27.4. The van der Waals surface area contributed by atoms with Crippen molar-refractivity contribution in [2.24, 2.45) is 11.8 Å². The van der Waals surface area contributed by atoms with Crippen molar-refractivity contribution in [1.82, 2.24) is 5.32 Å². The lowest BCUT2D eigenvalue weighted by Gasteiger charge is -2.26. The highest BCUT2D eigenvalue weighted by Gasteiger charge is 2.25. The zero-order valence-electron chi connectivity index (χ0n) is 18.4. The molecule has 0 aliphatic rings. The van der Waals surface area contributed by atoms with Gasteiger partial charge in [-0.2, -0.15) is 0 Å². The summed E-state index contributed by atoms with van der Waals surface area (Å²) in [6.07, 6.45) is 0. The molecule has 0 heterocycles. The van der Waals surface area contributed by atoms with E-state index in [9.17, 15) is 13.2 Å². The number of aryl methyl sites for hydroxylation is 2. The molecule has 0 bridgehead atoms.